The first-order chi connectivity index (χ1) is 7.20. The Labute approximate surface area is 85.1 Å². The molecule has 0 fully saturated rings. The van der Waals surface area contributed by atoms with E-state index in [1.54, 1.807) is 12.3 Å². The Balaban J connectivity index is 2.44. The third-order valence-corrected chi connectivity index (χ3v) is 2.01. The van der Waals surface area contributed by atoms with Crippen LogP contribution in [0, 0.1) is 11.6 Å². The third kappa shape index (κ3) is 1.87. The van der Waals surface area contributed by atoms with Crippen LogP contribution in [-0.2, 0) is 6.54 Å². The van der Waals surface area contributed by atoms with Crippen LogP contribution in [0.2, 0.25) is 0 Å². The second-order valence-corrected chi connectivity index (χ2v) is 3.05. The molecule has 0 aliphatic carbocycles. The summed E-state index contributed by atoms with van der Waals surface area (Å²) in [5.74, 6) is -1.26. The van der Waals surface area contributed by atoms with Gasteiger partial charge in [0, 0.05) is 18.8 Å². The van der Waals surface area contributed by atoms with E-state index in [1.807, 2.05) is 0 Å². The predicted molar refractivity (Wildman–Crippen MR) is 51.4 cm³/mol. The van der Waals surface area contributed by atoms with Crippen LogP contribution in [0.15, 0.2) is 30.5 Å². The average molecular weight is 209 g/mol. The molecule has 1 heterocycles. The van der Waals surface area contributed by atoms with Crippen LogP contribution >= 0.6 is 0 Å². The number of halogens is 2. The number of benzene rings is 1. The summed E-state index contributed by atoms with van der Waals surface area (Å²) in [4.78, 5) is 0. The Morgan fingerprint density at radius 2 is 2.07 bits per heavy atom. The molecular weight excluding hydrogens is 200 g/mol. The molecule has 78 valence electrons. The zero-order chi connectivity index (χ0) is 10.8. The summed E-state index contributed by atoms with van der Waals surface area (Å²) in [5, 5.41) is 4.02. The molecule has 1 aromatic carbocycles. The van der Waals surface area contributed by atoms with Crippen molar-refractivity contribution in [2.75, 3.05) is 0 Å². The number of rotatable bonds is 2. The molecule has 2 N–H and O–H groups in total. The summed E-state index contributed by atoms with van der Waals surface area (Å²) in [6.45, 7) is 0.288. The smallest absolute Gasteiger partial charge is 0.151 e. The summed E-state index contributed by atoms with van der Waals surface area (Å²) >= 11 is 0. The van der Waals surface area contributed by atoms with Gasteiger partial charge in [-0.25, -0.2) is 13.5 Å². The highest BCUT2D eigenvalue weighted by molar-refractivity contribution is 5.33. The number of nitrogens with two attached hydrogens (primary N) is 1. The largest absolute Gasteiger partial charge is 0.325 e. The quantitative estimate of drug-likeness (QED) is 0.816. The summed E-state index contributed by atoms with van der Waals surface area (Å²) in [6, 6.07) is 5.02. The van der Waals surface area contributed by atoms with Gasteiger partial charge < -0.3 is 5.73 Å². The SMILES string of the molecule is NCc1ccn(-c2ccc(F)cc2F)n1. The molecule has 0 aliphatic heterocycles. The lowest BCUT2D eigenvalue weighted by Gasteiger charge is -2.02. The fourth-order valence-electron chi connectivity index (χ4n) is 1.27. The normalized spacial score (nSPS) is 10.6. The van der Waals surface area contributed by atoms with E-state index in [0.29, 0.717) is 5.69 Å². The zero-order valence-electron chi connectivity index (χ0n) is 7.82. The van der Waals surface area contributed by atoms with Gasteiger partial charge in [0.05, 0.1) is 5.69 Å². The molecule has 0 atom stereocenters. The maximum absolute atomic E-state index is 13.3. The van der Waals surface area contributed by atoms with Gasteiger partial charge in [0.1, 0.15) is 11.5 Å². The Morgan fingerprint density at radius 3 is 2.67 bits per heavy atom. The van der Waals surface area contributed by atoms with E-state index >= 15 is 0 Å². The molecule has 0 aliphatic rings. The first kappa shape index (κ1) is 9.79. The fourth-order valence-corrected chi connectivity index (χ4v) is 1.27. The van der Waals surface area contributed by atoms with Gasteiger partial charge in [0.25, 0.3) is 0 Å². The highest BCUT2D eigenvalue weighted by Crippen LogP contribution is 2.13. The number of aromatic nitrogens is 2. The lowest BCUT2D eigenvalue weighted by atomic mass is 10.3. The van der Waals surface area contributed by atoms with Crippen LogP contribution in [-0.4, -0.2) is 9.78 Å². The molecule has 0 saturated carbocycles. The van der Waals surface area contributed by atoms with E-state index in [2.05, 4.69) is 5.10 Å². The van der Waals surface area contributed by atoms with Crippen molar-refractivity contribution < 1.29 is 8.78 Å². The van der Waals surface area contributed by atoms with Crippen molar-refractivity contribution in [2.24, 2.45) is 5.73 Å². The molecule has 0 bridgehead atoms. The van der Waals surface area contributed by atoms with Crippen molar-refractivity contribution in [1.82, 2.24) is 9.78 Å². The second-order valence-electron chi connectivity index (χ2n) is 3.05. The third-order valence-electron chi connectivity index (χ3n) is 2.01. The van der Waals surface area contributed by atoms with E-state index in [0.717, 1.165) is 6.07 Å². The maximum Gasteiger partial charge on any atom is 0.151 e. The minimum Gasteiger partial charge on any atom is -0.325 e. The van der Waals surface area contributed by atoms with Crippen molar-refractivity contribution in [1.29, 1.82) is 0 Å². The molecule has 5 heteroatoms. The van der Waals surface area contributed by atoms with Crippen LogP contribution in [0.25, 0.3) is 5.69 Å². The minimum absolute atomic E-state index is 0.205. The molecule has 1 aromatic heterocycles. The van der Waals surface area contributed by atoms with Gasteiger partial charge in [-0.15, -0.1) is 0 Å². The highest BCUT2D eigenvalue weighted by atomic mass is 19.1. The van der Waals surface area contributed by atoms with E-state index in [9.17, 15) is 8.78 Å². The van der Waals surface area contributed by atoms with Crippen molar-refractivity contribution in [3.05, 3.63) is 47.8 Å². The average Bonchev–Trinajstić information content (AvgIpc) is 2.66. The van der Waals surface area contributed by atoms with Crippen molar-refractivity contribution in [2.45, 2.75) is 6.54 Å². The summed E-state index contributed by atoms with van der Waals surface area (Å²) in [5.41, 5.74) is 6.23. The highest BCUT2D eigenvalue weighted by Gasteiger charge is 2.06. The fraction of sp³-hybridized carbons (Fsp3) is 0.100. The minimum atomic E-state index is -0.651. The van der Waals surface area contributed by atoms with E-state index in [4.69, 9.17) is 5.73 Å². The van der Waals surface area contributed by atoms with Crippen molar-refractivity contribution in [3.8, 4) is 5.69 Å². The van der Waals surface area contributed by atoms with Gasteiger partial charge in [-0.05, 0) is 18.2 Å². The van der Waals surface area contributed by atoms with Gasteiger partial charge in [0.15, 0.2) is 5.82 Å². The molecule has 0 radical (unpaired) electrons. The Hall–Kier alpha value is -1.75. The number of hydrogen-bond acceptors (Lipinski definition) is 2. The number of nitrogens with zero attached hydrogens (tertiary/aromatic N) is 2. The van der Waals surface area contributed by atoms with Crippen LogP contribution in [0.5, 0.6) is 0 Å². The molecule has 0 amide bonds. The van der Waals surface area contributed by atoms with Crippen LogP contribution < -0.4 is 5.73 Å². The molecule has 0 unspecified atom stereocenters. The standard InChI is InChI=1S/C10H9F2N3/c11-7-1-2-10(9(12)5-7)15-4-3-8(6-13)14-15/h1-5H,6,13H2. The Kier molecular flexibility index (Phi) is 2.47. The molecule has 3 nitrogen and oxygen atoms in total. The summed E-state index contributed by atoms with van der Waals surface area (Å²) < 4.78 is 27.3. The van der Waals surface area contributed by atoms with Gasteiger partial charge in [-0.2, -0.15) is 5.10 Å². The Bertz CT molecular complexity index is 479. The van der Waals surface area contributed by atoms with Gasteiger partial charge in [-0.3, -0.25) is 0 Å². The number of hydrogen-bond donors (Lipinski definition) is 1. The van der Waals surface area contributed by atoms with Crippen LogP contribution in [0.4, 0.5) is 8.78 Å². The van der Waals surface area contributed by atoms with Gasteiger partial charge >= 0.3 is 0 Å². The zero-order valence-corrected chi connectivity index (χ0v) is 7.82. The van der Waals surface area contributed by atoms with Gasteiger partial charge in [-0.1, -0.05) is 0 Å². The topological polar surface area (TPSA) is 43.8 Å². The predicted octanol–water partition coefficient (Wildman–Crippen LogP) is 1.61. The van der Waals surface area contributed by atoms with E-state index in [1.165, 1.54) is 16.8 Å². The molecule has 15 heavy (non-hydrogen) atoms. The monoisotopic (exact) mass is 209 g/mol. The summed E-state index contributed by atoms with van der Waals surface area (Å²) in [7, 11) is 0. The molecular formula is C10H9F2N3. The van der Waals surface area contributed by atoms with Crippen LogP contribution in [0.1, 0.15) is 5.69 Å². The molecule has 0 spiro atoms. The molecule has 2 aromatic rings. The van der Waals surface area contributed by atoms with Crippen LogP contribution in [0.3, 0.4) is 0 Å². The molecule has 0 saturated heterocycles. The maximum atomic E-state index is 13.3. The Morgan fingerprint density at radius 1 is 1.27 bits per heavy atom. The van der Waals surface area contributed by atoms with Gasteiger partial charge in [0.2, 0.25) is 0 Å². The second kappa shape index (κ2) is 3.78. The first-order valence-electron chi connectivity index (χ1n) is 4.41. The van der Waals surface area contributed by atoms with E-state index in [-0.39, 0.29) is 12.2 Å². The molecule has 2 rings (SSSR count). The lowest BCUT2D eigenvalue weighted by Crippen LogP contribution is -2.02. The first-order valence-corrected chi connectivity index (χ1v) is 4.41. The van der Waals surface area contributed by atoms with Crippen molar-refractivity contribution in [3.63, 3.8) is 0 Å². The van der Waals surface area contributed by atoms with E-state index < -0.39 is 11.6 Å². The summed E-state index contributed by atoms with van der Waals surface area (Å²) in [6.07, 6.45) is 1.58. The van der Waals surface area contributed by atoms with Crippen molar-refractivity contribution >= 4 is 0 Å². The lowest BCUT2D eigenvalue weighted by molar-refractivity contribution is 0.573.